The van der Waals surface area contributed by atoms with Crippen molar-refractivity contribution in [3.63, 3.8) is 0 Å². The molecule has 0 bridgehead atoms. The first kappa shape index (κ1) is 17.6. The molecule has 0 saturated heterocycles. The third-order valence-electron chi connectivity index (χ3n) is 4.11. The molecule has 0 radical (unpaired) electrons. The van der Waals surface area contributed by atoms with Crippen LogP contribution in [0.4, 0.5) is 5.82 Å². The molecule has 1 aromatic carbocycles. The summed E-state index contributed by atoms with van der Waals surface area (Å²) in [5.41, 5.74) is -0.215. The van der Waals surface area contributed by atoms with Crippen LogP contribution in [0.1, 0.15) is 30.6 Å². The summed E-state index contributed by atoms with van der Waals surface area (Å²) in [4.78, 5) is 33.4. The van der Waals surface area contributed by atoms with Gasteiger partial charge in [-0.1, -0.05) is 26.0 Å². The van der Waals surface area contributed by atoms with Crippen LogP contribution < -0.4 is 10.9 Å². The largest absolute Gasteiger partial charge is 0.506 e. The van der Waals surface area contributed by atoms with Gasteiger partial charge in [0, 0.05) is 24.3 Å². The number of aryl methyl sites for hydroxylation is 1. The number of nitrogens with one attached hydrogen (secondary N) is 1. The van der Waals surface area contributed by atoms with Gasteiger partial charge >= 0.3 is 0 Å². The van der Waals surface area contributed by atoms with Gasteiger partial charge in [-0.2, -0.15) is 0 Å². The van der Waals surface area contributed by atoms with Crippen LogP contribution >= 0.6 is 0 Å². The second-order valence-corrected chi connectivity index (χ2v) is 6.42. The Hall–Kier alpha value is -3.22. The van der Waals surface area contributed by atoms with Gasteiger partial charge < -0.3 is 15.0 Å². The van der Waals surface area contributed by atoms with Crippen LogP contribution in [0.15, 0.2) is 47.7 Å². The molecule has 7 nitrogen and oxygen atoms in total. The van der Waals surface area contributed by atoms with Crippen molar-refractivity contribution in [2.24, 2.45) is 5.92 Å². The smallest absolute Gasteiger partial charge is 0.267 e. The second kappa shape index (κ2) is 7.35. The zero-order chi connectivity index (χ0) is 18.7. The Bertz CT molecular complexity index is 997. The zero-order valence-electron chi connectivity index (χ0n) is 14.6. The minimum Gasteiger partial charge on any atom is -0.506 e. The quantitative estimate of drug-likeness (QED) is 0.736. The van der Waals surface area contributed by atoms with E-state index in [9.17, 15) is 14.7 Å². The normalized spacial score (nSPS) is 11.0. The SMILES string of the molecule is CC(C)CCn1c(=O)c(C(=O)Nc2cnccn2)c(O)c2ccccc21. The molecule has 0 aliphatic carbocycles. The number of pyridine rings is 1. The molecule has 0 aliphatic rings. The lowest BCUT2D eigenvalue weighted by atomic mass is 10.1. The van der Waals surface area contributed by atoms with Crippen LogP contribution in [0.5, 0.6) is 5.75 Å². The predicted molar refractivity (Wildman–Crippen MR) is 99.3 cm³/mol. The third kappa shape index (κ3) is 3.42. The minimum absolute atomic E-state index is 0.207. The Morgan fingerprint density at radius 1 is 1.27 bits per heavy atom. The third-order valence-corrected chi connectivity index (χ3v) is 4.11. The first-order valence-electron chi connectivity index (χ1n) is 8.41. The zero-order valence-corrected chi connectivity index (χ0v) is 14.6. The summed E-state index contributed by atoms with van der Waals surface area (Å²) in [6, 6.07) is 7.01. The summed E-state index contributed by atoms with van der Waals surface area (Å²) in [6.45, 7) is 4.59. The van der Waals surface area contributed by atoms with Crippen molar-refractivity contribution in [1.82, 2.24) is 14.5 Å². The van der Waals surface area contributed by atoms with E-state index in [1.54, 1.807) is 28.8 Å². The summed E-state index contributed by atoms with van der Waals surface area (Å²) in [7, 11) is 0. The maximum Gasteiger partial charge on any atom is 0.267 e. The number of amides is 1. The number of carbonyl (C=O) groups excluding carboxylic acids is 1. The van der Waals surface area contributed by atoms with Crippen molar-refractivity contribution in [2.75, 3.05) is 5.32 Å². The Balaban J connectivity index is 2.12. The molecule has 0 atom stereocenters. The molecule has 0 unspecified atom stereocenters. The fourth-order valence-electron chi connectivity index (χ4n) is 2.75. The average molecular weight is 352 g/mol. The van der Waals surface area contributed by atoms with Crippen LogP contribution in [-0.4, -0.2) is 25.5 Å². The van der Waals surface area contributed by atoms with Crippen molar-refractivity contribution in [2.45, 2.75) is 26.8 Å². The number of anilines is 1. The number of carbonyl (C=O) groups is 1. The van der Waals surface area contributed by atoms with E-state index in [0.29, 0.717) is 23.4 Å². The molecule has 2 aromatic heterocycles. The molecule has 3 rings (SSSR count). The van der Waals surface area contributed by atoms with E-state index in [-0.39, 0.29) is 17.1 Å². The van der Waals surface area contributed by atoms with Crippen molar-refractivity contribution in [3.8, 4) is 5.75 Å². The van der Waals surface area contributed by atoms with E-state index in [1.807, 2.05) is 0 Å². The van der Waals surface area contributed by atoms with Gasteiger partial charge in [0.2, 0.25) is 0 Å². The standard InChI is InChI=1S/C19H20N4O3/c1-12(2)7-10-23-14-6-4-3-5-13(14)17(24)16(19(23)26)18(25)22-15-11-20-8-9-21-15/h3-6,8-9,11-12,24H,7,10H2,1-2H3,(H,21,22,25). The fourth-order valence-corrected chi connectivity index (χ4v) is 2.75. The maximum atomic E-state index is 13.0. The molecule has 0 fully saturated rings. The number of fused-ring (bicyclic) bond motifs is 1. The lowest BCUT2D eigenvalue weighted by Gasteiger charge is -2.15. The molecular weight excluding hydrogens is 332 g/mol. The summed E-state index contributed by atoms with van der Waals surface area (Å²) < 4.78 is 1.54. The van der Waals surface area contributed by atoms with Crippen molar-refractivity contribution >= 4 is 22.6 Å². The molecule has 134 valence electrons. The molecule has 26 heavy (non-hydrogen) atoms. The number of nitrogens with zero attached hydrogens (tertiary/aromatic N) is 3. The highest BCUT2D eigenvalue weighted by atomic mass is 16.3. The Labute approximate surface area is 150 Å². The molecule has 2 heterocycles. The average Bonchev–Trinajstić information content (AvgIpc) is 2.62. The molecule has 0 aliphatic heterocycles. The number of para-hydroxylation sites is 1. The van der Waals surface area contributed by atoms with Crippen LogP contribution in [0, 0.1) is 5.92 Å². The van der Waals surface area contributed by atoms with E-state index in [0.717, 1.165) is 6.42 Å². The number of aromatic nitrogens is 3. The molecule has 7 heteroatoms. The van der Waals surface area contributed by atoms with Crippen molar-refractivity contribution in [1.29, 1.82) is 0 Å². The fraction of sp³-hybridized carbons (Fsp3) is 0.263. The van der Waals surface area contributed by atoms with E-state index in [2.05, 4.69) is 29.1 Å². The molecule has 0 spiro atoms. The highest BCUT2D eigenvalue weighted by Gasteiger charge is 2.22. The number of aromatic hydroxyl groups is 1. The number of hydrogen-bond acceptors (Lipinski definition) is 5. The van der Waals surface area contributed by atoms with Gasteiger partial charge in [0.25, 0.3) is 11.5 Å². The molecule has 0 saturated carbocycles. The lowest BCUT2D eigenvalue weighted by Crippen LogP contribution is -2.30. The number of benzene rings is 1. The van der Waals surface area contributed by atoms with Gasteiger partial charge in [0.1, 0.15) is 11.3 Å². The van der Waals surface area contributed by atoms with Gasteiger partial charge in [-0.05, 0) is 24.5 Å². The van der Waals surface area contributed by atoms with Gasteiger partial charge in [-0.15, -0.1) is 0 Å². The van der Waals surface area contributed by atoms with Gasteiger partial charge in [0.05, 0.1) is 11.7 Å². The van der Waals surface area contributed by atoms with E-state index < -0.39 is 11.5 Å². The highest BCUT2D eigenvalue weighted by Crippen LogP contribution is 2.27. The van der Waals surface area contributed by atoms with Gasteiger partial charge in [-0.25, -0.2) is 4.98 Å². The molecule has 1 amide bonds. The first-order chi connectivity index (χ1) is 12.5. The molecule has 3 aromatic rings. The maximum absolute atomic E-state index is 13.0. The van der Waals surface area contributed by atoms with Gasteiger partial charge in [-0.3, -0.25) is 14.6 Å². The Morgan fingerprint density at radius 3 is 2.73 bits per heavy atom. The van der Waals surface area contributed by atoms with Crippen LogP contribution in [0.2, 0.25) is 0 Å². The summed E-state index contributed by atoms with van der Waals surface area (Å²) in [5.74, 6) is -0.436. The second-order valence-electron chi connectivity index (χ2n) is 6.42. The van der Waals surface area contributed by atoms with Crippen molar-refractivity contribution < 1.29 is 9.90 Å². The van der Waals surface area contributed by atoms with Crippen LogP contribution in [-0.2, 0) is 6.54 Å². The minimum atomic E-state index is -0.711. The molecular formula is C19H20N4O3. The summed E-state index contributed by atoms with van der Waals surface area (Å²) in [6.07, 6.45) is 5.05. The monoisotopic (exact) mass is 352 g/mol. The summed E-state index contributed by atoms with van der Waals surface area (Å²) in [5, 5.41) is 13.5. The van der Waals surface area contributed by atoms with Crippen molar-refractivity contribution in [3.05, 3.63) is 58.8 Å². The highest BCUT2D eigenvalue weighted by molar-refractivity contribution is 6.08. The number of hydrogen-bond donors (Lipinski definition) is 2. The topological polar surface area (TPSA) is 97.1 Å². The van der Waals surface area contributed by atoms with E-state index in [4.69, 9.17) is 0 Å². The van der Waals surface area contributed by atoms with E-state index in [1.165, 1.54) is 18.6 Å². The Kier molecular flexibility index (Phi) is 4.97. The van der Waals surface area contributed by atoms with E-state index >= 15 is 0 Å². The summed E-state index contributed by atoms with van der Waals surface area (Å²) >= 11 is 0. The van der Waals surface area contributed by atoms with Gasteiger partial charge in [0.15, 0.2) is 5.82 Å². The molecule has 2 N–H and O–H groups in total. The Morgan fingerprint density at radius 2 is 2.04 bits per heavy atom. The van der Waals surface area contributed by atoms with Crippen LogP contribution in [0.3, 0.4) is 0 Å². The van der Waals surface area contributed by atoms with Crippen LogP contribution in [0.25, 0.3) is 10.9 Å². The number of rotatable bonds is 5. The first-order valence-corrected chi connectivity index (χ1v) is 8.41. The predicted octanol–water partition coefficient (Wildman–Crippen LogP) is 2.80. The lowest BCUT2D eigenvalue weighted by molar-refractivity contribution is 0.102.